The monoisotopic (exact) mass is 265 g/mol. The molecule has 1 heterocycles. The van der Waals surface area contributed by atoms with Crippen molar-refractivity contribution in [2.45, 2.75) is 19.3 Å². The Kier molecular flexibility index (Phi) is 4.14. The topological polar surface area (TPSA) is 46.4 Å². The third-order valence-corrected chi connectivity index (χ3v) is 3.07. The lowest BCUT2D eigenvalue weighted by Crippen LogP contribution is -2.10. The van der Waals surface area contributed by atoms with Gasteiger partial charge in [0.25, 0.3) is 0 Å². The fourth-order valence-corrected chi connectivity index (χ4v) is 1.84. The van der Waals surface area contributed by atoms with Gasteiger partial charge in [-0.05, 0) is 24.6 Å². The SMILES string of the molecule is COc1ccc(C(=O)CCCC(=O)N2CC2)cc1F. The highest BCUT2D eigenvalue weighted by Crippen LogP contribution is 2.19. The Morgan fingerprint density at radius 1 is 1.32 bits per heavy atom. The normalized spacial score (nSPS) is 13.3. The van der Waals surface area contributed by atoms with E-state index in [4.69, 9.17) is 4.74 Å². The van der Waals surface area contributed by atoms with Crippen LogP contribution in [-0.2, 0) is 4.79 Å². The van der Waals surface area contributed by atoms with E-state index in [9.17, 15) is 14.0 Å². The molecule has 0 radical (unpaired) electrons. The van der Waals surface area contributed by atoms with Gasteiger partial charge in [0.15, 0.2) is 17.3 Å². The van der Waals surface area contributed by atoms with Gasteiger partial charge >= 0.3 is 0 Å². The largest absolute Gasteiger partial charge is 0.494 e. The summed E-state index contributed by atoms with van der Waals surface area (Å²) in [5, 5.41) is 0. The maximum Gasteiger partial charge on any atom is 0.222 e. The highest BCUT2D eigenvalue weighted by Gasteiger charge is 2.23. The third kappa shape index (κ3) is 3.53. The molecule has 0 atom stereocenters. The molecule has 2 rings (SSSR count). The molecule has 0 unspecified atom stereocenters. The Bertz CT molecular complexity index is 497. The number of carbonyl (C=O) groups excluding carboxylic acids is 2. The fourth-order valence-electron chi connectivity index (χ4n) is 1.84. The summed E-state index contributed by atoms with van der Waals surface area (Å²) in [6, 6.07) is 4.15. The van der Waals surface area contributed by atoms with E-state index in [-0.39, 0.29) is 23.9 Å². The van der Waals surface area contributed by atoms with Gasteiger partial charge in [0.2, 0.25) is 5.91 Å². The molecule has 4 nitrogen and oxygen atoms in total. The van der Waals surface area contributed by atoms with Crippen molar-refractivity contribution in [3.05, 3.63) is 29.6 Å². The number of ether oxygens (including phenoxy) is 1. The molecule has 0 spiro atoms. The van der Waals surface area contributed by atoms with E-state index in [1.54, 1.807) is 4.90 Å². The lowest BCUT2D eigenvalue weighted by Gasteiger charge is -2.05. The van der Waals surface area contributed by atoms with Crippen molar-refractivity contribution in [2.75, 3.05) is 20.2 Å². The van der Waals surface area contributed by atoms with E-state index in [0.29, 0.717) is 18.4 Å². The second-order valence-corrected chi connectivity index (χ2v) is 4.51. The van der Waals surface area contributed by atoms with Gasteiger partial charge in [0.05, 0.1) is 7.11 Å². The third-order valence-electron chi connectivity index (χ3n) is 3.07. The van der Waals surface area contributed by atoms with Crippen LogP contribution in [0.15, 0.2) is 18.2 Å². The first kappa shape index (κ1) is 13.5. The molecule has 0 aromatic heterocycles. The second-order valence-electron chi connectivity index (χ2n) is 4.51. The van der Waals surface area contributed by atoms with Gasteiger partial charge in [-0.25, -0.2) is 4.39 Å². The molecule has 1 saturated heterocycles. The first-order chi connectivity index (χ1) is 9.11. The van der Waals surface area contributed by atoms with E-state index in [1.807, 2.05) is 0 Å². The minimum atomic E-state index is -0.548. The number of nitrogens with zero attached hydrogens (tertiary/aromatic N) is 1. The number of halogens is 1. The minimum Gasteiger partial charge on any atom is -0.494 e. The van der Waals surface area contributed by atoms with E-state index in [1.165, 1.54) is 25.3 Å². The Morgan fingerprint density at radius 3 is 2.63 bits per heavy atom. The Hall–Kier alpha value is -1.91. The zero-order valence-corrected chi connectivity index (χ0v) is 10.8. The van der Waals surface area contributed by atoms with Crippen molar-refractivity contribution in [1.29, 1.82) is 0 Å². The van der Waals surface area contributed by atoms with Crippen molar-refractivity contribution in [2.24, 2.45) is 0 Å². The molecule has 1 fully saturated rings. The van der Waals surface area contributed by atoms with Crippen LogP contribution in [0.5, 0.6) is 5.75 Å². The number of benzene rings is 1. The minimum absolute atomic E-state index is 0.0914. The number of carbonyl (C=O) groups is 2. The van der Waals surface area contributed by atoms with Gasteiger partial charge in [0, 0.05) is 31.5 Å². The van der Waals surface area contributed by atoms with Crippen LogP contribution in [0.3, 0.4) is 0 Å². The molecule has 19 heavy (non-hydrogen) atoms. The maximum atomic E-state index is 13.4. The number of amides is 1. The van der Waals surface area contributed by atoms with Gasteiger partial charge in [-0.3, -0.25) is 9.59 Å². The number of ketones is 1. The standard InChI is InChI=1S/C14H16FNO3/c1-19-13-6-5-10(9-11(13)15)12(17)3-2-4-14(18)16-7-8-16/h5-6,9H,2-4,7-8H2,1H3. The average molecular weight is 265 g/mol. The van der Waals surface area contributed by atoms with Crippen LogP contribution in [0, 0.1) is 5.82 Å². The van der Waals surface area contributed by atoms with Gasteiger partial charge in [-0.2, -0.15) is 0 Å². The number of rotatable bonds is 6. The predicted molar refractivity (Wildman–Crippen MR) is 67.7 cm³/mol. The summed E-state index contributed by atoms with van der Waals surface area (Å²) in [6.07, 6.45) is 1.14. The van der Waals surface area contributed by atoms with E-state index in [2.05, 4.69) is 0 Å². The highest BCUT2D eigenvalue weighted by atomic mass is 19.1. The highest BCUT2D eigenvalue weighted by molar-refractivity contribution is 5.96. The van der Waals surface area contributed by atoms with Gasteiger partial charge < -0.3 is 9.64 Å². The van der Waals surface area contributed by atoms with Crippen LogP contribution >= 0.6 is 0 Å². The van der Waals surface area contributed by atoms with E-state index >= 15 is 0 Å². The van der Waals surface area contributed by atoms with Crippen molar-refractivity contribution >= 4 is 11.7 Å². The molecule has 0 bridgehead atoms. The van der Waals surface area contributed by atoms with Crippen molar-refractivity contribution in [1.82, 2.24) is 4.90 Å². The summed E-state index contributed by atoms with van der Waals surface area (Å²) in [5.41, 5.74) is 0.317. The van der Waals surface area contributed by atoms with Crippen molar-refractivity contribution in [3.63, 3.8) is 0 Å². The smallest absolute Gasteiger partial charge is 0.222 e. The first-order valence-electron chi connectivity index (χ1n) is 6.26. The molecule has 1 aromatic carbocycles. The van der Waals surface area contributed by atoms with Crippen LogP contribution in [0.1, 0.15) is 29.6 Å². The van der Waals surface area contributed by atoms with Crippen molar-refractivity contribution < 1.29 is 18.7 Å². The van der Waals surface area contributed by atoms with Crippen LogP contribution in [0.2, 0.25) is 0 Å². The molecule has 1 aliphatic heterocycles. The molecule has 102 valence electrons. The van der Waals surface area contributed by atoms with E-state index < -0.39 is 5.82 Å². The Balaban J connectivity index is 1.85. The molecule has 1 amide bonds. The molecule has 1 aliphatic rings. The summed E-state index contributed by atoms with van der Waals surface area (Å²) in [4.78, 5) is 25.0. The number of hydrogen-bond donors (Lipinski definition) is 0. The zero-order valence-electron chi connectivity index (χ0n) is 10.8. The maximum absolute atomic E-state index is 13.4. The Morgan fingerprint density at radius 2 is 2.05 bits per heavy atom. The van der Waals surface area contributed by atoms with Crippen LogP contribution in [0.25, 0.3) is 0 Å². The van der Waals surface area contributed by atoms with Gasteiger partial charge in [-0.15, -0.1) is 0 Å². The molecule has 0 aliphatic carbocycles. The summed E-state index contributed by atoms with van der Waals surface area (Å²) < 4.78 is 18.2. The zero-order chi connectivity index (χ0) is 13.8. The second kappa shape index (κ2) is 5.82. The first-order valence-corrected chi connectivity index (χ1v) is 6.26. The lowest BCUT2D eigenvalue weighted by atomic mass is 10.0. The molecule has 0 saturated carbocycles. The summed E-state index contributed by atoms with van der Waals surface area (Å²) >= 11 is 0. The van der Waals surface area contributed by atoms with Crippen LogP contribution in [-0.4, -0.2) is 36.8 Å². The van der Waals surface area contributed by atoms with Crippen LogP contribution < -0.4 is 4.74 Å². The predicted octanol–water partition coefficient (Wildman–Crippen LogP) is 2.03. The Labute approximate surface area is 111 Å². The van der Waals surface area contributed by atoms with Crippen molar-refractivity contribution in [3.8, 4) is 5.75 Å². The summed E-state index contributed by atoms with van der Waals surface area (Å²) in [7, 11) is 1.37. The summed E-state index contributed by atoms with van der Waals surface area (Å²) in [6.45, 7) is 1.66. The number of hydrogen-bond acceptors (Lipinski definition) is 3. The number of methoxy groups -OCH3 is 1. The fraction of sp³-hybridized carbons (Fsp3) is 0.429. The molecular formula is C14H16FNO3. The molecule has 0 N–H and O–H groups in total. The molecule has 1 aromatic rings. The molecular weight excluding hydrogens is 249 g/mol. The van der Waals surface area contributed by atoms with Crippen LogP contribution in [0.4, 0.5) is 4.39 Å². The lowest BCUT2D eigenvalue weighted by molar-refractivity contribution is -0.125. The van der Waals surface area contributed by atoms with Gasteiger partial charge in [0.1, 0.15) is 0 Å². The average Bonchev–Trinajstić information content (AvgIpc) is 3.22. The molecule has 5 heteroatoms. The number of Topliss-reactive ketones (excluding diaryl/α,β-unsaturated/α-hetero) is 1. The quantitative estimate of drug-likeness (QED) is 0.584. The summed E-state index contributed by atoms with van der Waals surface area (Å²) in [5.74, 6) is -0.490. The van der Waals surface area contributed by atoms with Gasteiger partial charge in [-0.1, -0.05) is 0 Å². The van der Waals surface area contributed by atoms with E-state index in [0.717, 1.165) is 13.1 Å².